The fourth-order valence-corrected chi connectivity index (χ4v) is 3.22. The smallest absolute Gasteiger partial charge is 0.328 e. The highest BCUT2D eigenvalue weighted by atomic mass is 16.5. The first-order valence-electron chi connectivity index (χ1n) is 10.0. The van der Waals surface area contributed by atoms with Crippen LogP contribution in [0.25, 0.3) is 10.9 Å². The van der Waals surface area contributed by atoms with Gasteiger partial charge < -0.3 is 15.0 Å². The number of benzene rings is 2. The van der Waals surface area contributed by atoms with Gasteiger partial charge >= 0.3 is 5.97 Å². The summed E-state index contributed by atoms with van der Waals surface area (Å²) in [4.78, 5) is 38.7. The second-order valence-electron chi connectivity index (χ2n) is 7.20. The predicted octanol–water partition coefficient (Wildman–Crippen LogP) is 2.21. The van der Waals surface area contributed by atoms with Crippen molar-refractivity contribution in [2.24, 2.45) is 0 Å². The van der Waals surface area contributed by atoms with Gasteiger partial charge in [0.1, 0.15) is 12.1 Å². The average molecular weight is 423 g/mol. The minimum Gasteiger partial charge on any atom is -0.454 e. The van der Waals surface area contributed by atoms with E-state index in [0.717, 1.165) is 16.9 Å². The molecular weight excluding hydrogens is 398 g/mol. The lowest BCUT2D eigenvalue weighted by molar-refractivity contribution is -0.148. The van der Waals surface area contributed by atoms with Crippen LogP contribution in [0.3, 0.4) is 0 Å². The van der Waals surface area contributed by atoms with Crippen LogP contribution in [0, 0.1) is 0 Å². The van der Waals surface area contributed by atoms with Crippen LogP contribution in [0.1, 0.15) is 20.8 Å². The molecule has 3 rings (SSSR count). The van der Waals surface area contributed by atoms with Crippen LogP contribution in [0.4, 0.5) is 11.4 Å². The maximum absolute atomic E-state index is 12.4. The van der Waals surface area contributed by atoms with E-state index in [1.807, 2.05) is 12.1 Å². The summed E-state index contributed by atoms with van der Waals surface area (Å²) in [5, 5.41) is 10.7. The molecule has 0 atom stereocenters. The summed E-state index contributed by atoms with van der Waals surface area (Å²) >= 11 is 0. The molecule has 1 aromatic heterocycles. The number of carbonyl (C=O) groups is 2. The molecule has 1 heterocycles. The van der Waals surface area contributed by atoms with Gasteiger partial charge in [-0.2, -0.15) is 4.68 Å². The summed E-state index contributed by atoms with van der Waals surface area (Å²) in [5.41, 5.74) is 1.65. The molecule has 31 heavy (non-hydrogen) atoms. The molecule has 0 aliphatic rings. The molecule has 0 aliphatic heterocycles. The third-order valence-electron chi connectivity index (χ3n) is 4.72. The Labute approximate surface area is 179 Å². The molecule has 0 unspecified atom stereocenters. The largest absolute Gasteiger partial charge is 0.454 e. The van der Waals surface area contributed by atoms with Crippen LogP contribution in [-0.2, 0) is 20.9 Å². The molecule has 9 heteroatoms. The fraction of sp³-hybridized carbons (Fsp3) is 0.318. The summed E-state index contributed by atoms with van der Waals surface area (Å²) in [5.74, 6) is -1.23. The van der Waals surface area contributed by atoms with Crippen LogP contribution < -0.4 is 15.8 Å². The Morgan fingerprint density at radius 1 is 1.13 bits per heavy atom. The number of esters is 1. The van der Waals surface area contributed by atoms with E-state index in [4.69, 9.17) is 4.74 Å². The molecule has 0 spiro atoms. The van der Waals surface area contributed by atoms with Crippen LogP contribution in [-0.4, -0.2) is 46.1 Å². The van der Waals surface area contributed by atoms with Gasteiger partial charge in [-0.05, 0) is 57.2 Å². The number of amides is 1. The van der Waals surface area contributed by atoms with Gasteiger partial charge in [0.25, 0.3) is 11.5 Å². The molecule has 0 aliphatic carbocycles. The van der Waals surface area contributed by atoms with Crippen LogP contribution in [0.15, 0.2) is 53.3 Å². The number of anilines is 2. The molecular formula is C22H25N5O4. The first-order valence-corrected chi connectivity index (χ1v) is 10.0. The zero-order valence-corrected chi connectivity index (χ0v) is 17.7. The molecule has 0 saturated carbocycles. The van der Waals surface area contributed by atoms with Gasteiger partial charge in [-0.25, -0.2) is 0 Å². The van der Waals surface area contributed by atoms with E-state index in [1.54, 1.807) is 36.4 Å². The summed E-state index contributed by atoms with van der Waals surface area (Å²) < 4.78 is 5.88. The lowest BCUT2D eigenvalue weighted by Crippen LogP contribution is -2.30. The Bertz CT molecular complexity index is 1120. The summed E-state index contributed by atoms with van der Waals surface area (Å²) in [6.07, 6.45) is 0. The van der Waals surface area contributed by atoms with Gasteiger partial charge in [-0.15, -0.1) is 5.10 Å². The highest BCUT2D eigenvalue weighted by Crippen LogP contribution is 2.19. The van der Waals surface area contributed by atoms with Crippen molar-refractivity contribution in [2.75, 3.05) is 23.4 Å². The Morgan fingerprint density at radius 2 is 1.84 bits per heavy atom. The molecule has 2 aromatic carbocycles. The lowest BCUT2D eigenvalue weighted by atomic mass is 10.2. The average Bonchev–Trinajstić information content (AvgIpc) is 2.76. The van der Waals surface area contributed by atoms with E-state index in [1.165, 1.54) is 0 Å². The van der Waals surface area contributed by atoms with Gasteiger partial charge in [-0.1, -0.05) is 17.3 Å². The first kappa shape index (κ1) is 21.9. The molecule has 1 N–H and O–H groups in total. The van der Waals surface area contributed by atoms with E-state index in [-0.39, 0.29) is 0 Å². The van der Waals surface area contributed by atoms with E-state index in [2.05, 4.69) is 41.3 Å². The summed E-state index contributed by atoms with van der Waals surface area (Å²) in [6.45, 7) is 6.30. The van der Waals surface area contributed by atoms with E-state index < -0.39 is 30.6 Å². The number of nitrogens with zero attached hydrogens (tertiary/aromatic N) is 4. The van der Waals surface area contributed by atoms with Gasteiger partial charge in [-0.3, -0.25) is 14.4 Å². The molecule has 162 valence electrons. The van der Waals surface area contributed by atoms with Gasteiger partial charge in [0.15, 0.2) is 6.61 Å². The zero-order chi connectivity index (χ0) is 22.4. The fourth-order valence-electron chi connectivity index (χ4n) is 3.22. The van der Waals surface area contributed by atoms with Crippen molar-refractivity contribution < 1.29 is 14.3 Å². The number of hydrogen-bond donors (Lipinski definition) is 1. The van der Waals surface area contributed by atoms with Crippen molar-refractivity contribution >= 4 is 34.2 Å². The van der Waals surface area contributed by atoms with Crippen LogP contribution in [0.5, 0.6) is 0 Å². The number of aromatic nitrogens is 3. The minimum absolute atomic E-state index is 0.352. The van der Waals surface area contributed by atoms with Crippen molar-refractivity contribution in [1.82, 2.24) is 15.0 Å². The van der Waals surface area contributed by atoms with Crippen LogP contribution >= 0.6 is 0 Å². The van der Waals surface area contributed by atoms with Gasteiger partial charge in [0.2, 0.25) is 0 Å². The maximum Gasteiger partial charge on any atom is 0.328 e. The van der Waals surface area contributed by atoms with Crippen molar-refractivity contribution in [3.8, 4) is 0 Å². The number of hydrogen-bond acceptors (Lipinski definition) is 7. The number of fused-ring (bicyclic) bond motifs is 1. The first-order chi connectivity index (χ1) is 14.9. The monoisotopic (exact) mass is 423 g/mol. The Morgan fingerprint density at radius 3 is 2.52 bits per heavy atom. The van der Waals surface area contributed by atoms with Crippen LogP contribution in [0.2, 0.25) is 0 Å². The second kappa shape index (κ2) is 9.84. The Balaban J connectivity index is 1.53. The zero-order valence-electron chi connectivity index (χ0n) is 17.7. The van der Waals surface area contributed by atoms with Gasteiger partial charge in [0.05, 0.1) is 5.39 Å². The summed E-state index contributed by atoms with van der Waals surface area (Å²) in [6, 6.07) is 14.5. The van der Waals surface area contributed by atoms with Crippen molar-refractivity contribution in [1.29, 1.82) is 0 Å². The van der Waals surface area contributed by atoms with Crippen molar-refractivity contribution in [3.63, 3.8) is 0 Å². The highest BCUT2D eigenvalue weighted by Gasteiger charge is 2.13. The van der Waals surface area contributed by atoms with Gasteiger partial charge in [0, 0.05) is 24.0 Å². The predicted molar refractivity (Wildman–Crippen MR) is 118 cm³/mol. The molecule has 1 amide bonds. The standard InChI is InChI=1S/C22H25N5O4/c1-4-26(15(2)3)17-11-9-16(10-12-17)23-20(28)14-31-21(29)13-27-22(30)18-7-5-6-8-19(18)24-25-27/h5-12,15H,4,13-14H2,1-3H3,(H,23,28). The maximum atomic E-state index is 12.4. The topological polar surface area (TPSA) is 106 Å². The Kier molecular flexibility index (Phi) is 6.96. The molecule has 0 saturated heterocycles. The third kappa shape index (κ3) is 5.44. The Hall–Kier alpha value is -3.75. The molecule has 3 aromatic rings. The highest BCUT2D eigenvalue weighted by molar-refractivity contribution is 5.93. The molecule has 0 fully saturated rings. The summed E-state index contributed by atoms with van der Waals surface area (Å²) in [7, 11) is 0. The van der Waals surface area contributed by atoms with Crippen molar-refractivity contribution in [2.45, 2.75) is 33.4 Å². The SMILES string of the molecule is CCN(c1ccc(NC(=O)COC(=O)Cn2nnc3ccccc3c2=O)cc1)C(C)C. The third-order valence-corrected chi connectivity index (χ3v) is 4.72. The minimum atomic E-state index is -0.757. The lowest BCUT2D eigenvalue weighted by Gasteiger charge is -2.27. The van der Waals surface area contributed by atoms with E-state index in [9.17, 15) is 14.4 Å². The molecule has 9 nitrogen and oxygen atoms in total. The number of carbonyl (C=O) groups excluding carboxylic acids is 2. The number of nitrogens with one attached hydrogen (secondary N) is 1. The van der Waals surface area contributed by atoms with E-state index in [0.29, 0.717) is 22.6 Å². The van der Waals surface area contributed by atoms with Crippen molar-refractivity contribution in [3.05, 3.63) is 58.9 Å². The quantitative estimate of drug-likeness (QED) is 0.554. The van der Waals surface area contributed by atoms with E-state index >= 15 is 0 Å². The molecule has 0 bridgehead atoms. The second-order valence-corrected chi connectivity index (χ2v) is 7.20. The number of rotatable bonds is 8. The number of ether oxygens (including phenoxy) is 1. The molecule has 0 radical (unpaired) electrons. The normalized spacial score (nSPS) is 10.8.